The Morgan fingerprint density at radius 2 is 1.32 bits per heavy atom. The third kappa shape index (κ3) is 6.45. The molecule has 0 radical (unpaired) electrons. The van der Waals surface area contributed by atoms with Gasteiger partial charge in [0.05, 0.1) is 8.07 Å². The van der Waals surface area contributed by atoms with E-state index < -0.39 is 28.9 Å². The molecule has 0 N–H and O–H groups in total. The first-order valence-corrected chi connectivity index (χ1v) is 23.9. The van der Waals surface area contributed by atoms with Crippen LogP contribution in [0.4, 0.5) is 0 Å². The third-order valence-electron chi connectivity index (χ3n) is 11.8. The summed E-state index contributed by atoms with van der Waals surface area (Å²) in [6.07, 6.45) is 22.1. The van der Waals surface area contributed by atoms with Crippen LogP contribution >= 0.6 is 17.0 Å². The molecular weight excluding hydrogens is 551 g/mol. The van der Waals surface area contributed by atoms with Crippen molar-refractivity contribution in [1.29, 1.82) is 0 Å². The fourth-order valence-corrected chi connectivity index (χ4v) is 15.9. The van der Waals surface area contributed by atoms with E-state index in [1.807, 2.05) is 0 Å². The summed E-state index contributed by atoms with van der Waals surface area (Å²) >= 11 is -0.826. The minimum atomic E-state index is -1.21. The molecule has 0 aromatic heterocycles. The van der Waals surface area contributed by atoms with Crippen LogP contribution in [0.5, 0.6) is 0 Å². The molecule has 0 saturated heterocycles. The van der Waals surface area contributed by atoms with Crippen LogP contribution in [0.3, 0.4) is 0 Å². The van der Waals surface area contributed by atoms with Crippen LogP contribution in [0, 0.1) is 62.2 Å². The van der Waals surface area contributed by atoms with Crippen LogP contribution in [0.1, 0.15) is 104 Å². The van der Waals surface area contributed by atoms with Crippen LogP contribution in [-0.2, 0) is 20.8 Å². The summed E-state index contributed by atoms with van der Waals surface area (Å²) in [7, 11) is 8.66. The van der Waals surface area contributed by atoms with E-state index in [-0.39, 0.29) is 14.9 Å². The molecule has 0 aromatic carbocycles. The Kier molecular flexibility index (Phi) is 13.3. The van der Waals surface area contributed by atoms with Crippen molar-refractivity contribution in [3.05, 3.63) is 14.9 Å². The molecule has 10 atom stereocenters. The Balaban J connectivity index is 0.000000778. The molecule has 0 nitrogen and oxygen atoms in total. The van der Waals surface area contributed by atoms with E-state index in [0.717, 1.165) is 47.3 Å². The zero-order valence-corrected chi connectivity index (χ0v) is 28.4. The van der Waals surface area contributed by atoms with Gasteiger partial charge in [-0.15, -0.1) is 0 Å². The molecule has 0 heterocycles. The maximum absolute atomic E-state index is 4.93. The zero-order chi connectivity index (χ0) is 22.9. The predicted octanol–water partition coefficient (Wildman–Crippen LogP) is 11.2. The topological polar surface area (TPSA) is 0 Å². The van der Waals surface area contributed by atoms with Gasteiger partial charge in [-0.1, -0.05) is 97.6 Å². The number of hydrogen-bond donors (Lipinski definition) is 0. The first-order chi connectivity index (χ1) is 15.4. The second-order valence-corrected chi connectivity index (χ2v) is 22.2. The van der Waals surface area contributed by atoms with E-state index in [0.29, 0.717) is 0 Å². The van der Waals surface area contributed by atoms with Crippen molar-refractivity contribution < 1.29 is 20.8 Å². The maximum atomic E-state index is 4.93. The molecule has 5 aliphatic carbocycles. The molecule has 0 spiro atoms. The normalized spacial score (nSPS) is 41.4. The Bertz CT molecular complexity index is 598. The van der Waals surface area contributed by atoms with Crippen molar-refractivity contribution in [2.75, 3.05) is 0 Å². The number of halogens is 2. The molecule has 5 saturated carbocycles. The van der Waals surface area contributed by atoms with Crippen molar-refractivity contribution >= 4 is 25.1 Å². The monoisotopic (exact) mass is 604 g/mol. The van der Waals surface area contributed by atoms with Crippen molar-refractivity contribution in [1.82, 2.24) is 0 Å². The molecule has 4 heteroatoms. The Morgan fingerprint density at radius 3 is 1.97 bits per heavy atom. The molecule has 198 valence electrons. The van der Waals surface area contributed by atoms with Gasteiger partial charge in [-0.2, -0.15) is 0 Å². The number of rotatable bonds is 5. The molecule has 5 rings (SSSR count). The van der Waals surface area contributed by atoms with E-state index in [1.54, 1.807) is 77.0 Å². The summed E-state index contributed by atoms with van der Waals surface area (Å²) in [4.78, 5) is 0. The van der Waals surface area contributed by atoms with Crippen LogP contribution in [0.25, 0.3) is 0 Å². The second-order valence-electron chi connectivity index (χ2n) is 13.3. The quantitative estimate of drug-likeness (QED) is 0.216. The minimum absolute atomic E-state index is 0. The molecule has 5 fully saturated rings. The van der Waals surface area contributed by atoms with Gasteiger partial charge in [0.1, 0.15) is 0 Å². The van der Waals surface area contributed by atoms with Gasteiger partial charge in [-0.05, 0) is 77.7 Å². The summed E-state index contributed by atoms with van der Waals surface area (Å²) < 4.78 is 0. The summed E-state index contributed by atoms with van der Waals surface area (Å²) in [6, 6.07) is 0. The van der Waals surface area contributed by atoms with Gasteiger partial charge >= 0.3 is 37.9 Å². The van der Waals surface area contributed by atoms with Crippen molar-refractivity contribution in [2.45, 2.75) is 128 Å². The third-order valence-corrected chi connectivity index (χ3v) is 17.0. The summed E-state index contributed by atoms with van der Waals surface area (Å²) in [5, 5.41) is 0. The molecule has 9 unspecified atom stereocenters. The first kappa shape index (κ1) is 31.9. The van der Waals surface area contributed by atoms with Crippen molar-refractivity contribution in [3.63, 3.8) is 0 Å². The molecule has 0 aromatic rings. The molecule has 0 bridgehead atoms. The van der Waals surface area contributed by atoms with E-state index in [4.69, 9.17) is 17.0 Å². The van der Waals surface area contributed by atoms with Crippen molar-refractivity contribution in [3.8, 4) is 0 Å². The average Bonchev–Trinajstić information content (AvgIpc) is 3.49. The number of hydrogen-bond acceptors (Lipinski definition) is 0. The summed E-state index contributed by atoms with van der Waals surface area (Å²) in [6.45, 7) is 10.9. The van der Waals surface area contributed by atoms with Gasteiger partial charge in [0.25, 0.3) is 0 Å². The number of fused-ring (bicyclic) bond motifs is 3. The van der Waals surface area contributed by atoms with Gasteiger partial charge in [0.2, 0.25) is 0 Å². The van der Waals surface area contributed by atoms with Gasteiger partial charge in [0.15, 0.2) is 0 Å². The van der Waals surface area contributed by atoms with Gasteiger partial charge in [-0.25, -0.2) is 0 Å². The second kappa shape index (κ2) is 14.2. The van der Waals surface area contributed by atoms with E-state index in [1.165, 1.54) is 23.9 Å². The Morgan fingerprint density at radius 1 is 0.735 bits per heavy atom. The van der Waals surface area contributed by atoms with Crippen LogP contribution in [0.2, 0.25) is 24.2 Å². The SMILES string of the molecule is CCC[C@H](C)C1CC([Si](C)(C)C2CCC3CCCCC32)C2CC3CCCC3CC21.[CH3-].[CH3-].[Cl][Zr+2][Cl]. The van der Waals surface area contributed by atoms with E-state index in [9.17, 15) is 0 Å². The molecular formula is C30H56Cl2SiZr. The molecule has 0 amide bonds. The van der Waals surface area contributed by atoms with Gasteiger partial charge in [-0.3, -0.25) is 0 Å². The predicted molar refractivity (Wildman–Crippen MR) is 153 cm³/mol. The Labute approximate surface area is 234 Å². The fraction of sp³-hybridized carbons (Fsp3) is 0.933. The standard InChI is InChI=1S/C28H50Si.2CH3.2ClH.Zr/c1-5-9-19(2)24-18-28(26-17-22-12-8-11-21(22)16-25(24)26)29(3,4)27-15-14-20-10-6-7-13-23(20)27;;;;;/h19-28H,5-18H2,1-4H3;2*1H3;2*1H;/q;2*-1;;;+4/p-2/t19-,20?,21?,22?,23?,24?,25?,26?,27?,28?;;;;;/m0...../s1. The molecule has 34 heavy (non-hydrogen) atoms. The summed E-state index contributed by atoms with van der Waals surface area (Å²) in [5.41, 5.74) is 2.35. The van der Waals surface area contributed by atoms with Crippen LogP contribution < -0.4 is 0 Å². The van der Waals surface area contributed by atoms with E-state index >= 15 is 0 Å². The van der Waals surface area contributed by atoms with Crippen molar-refractivity contribution in [2.24, 2.45) is 47.3 Å². The van der Waals surface area contributed by atoms with Crippen LogP contribution in [0.15, 0.2) is 0 Å². The summed E-state index contributed by atoms with van der Waals surface area (Å²) in [5.74, 6) is 8.89. The van der Waals surface area contributed by atoms with Crippen LogP contribution in [-0.4, -0.2) is 8.07 Å². The van der Waals surface area contributed by atoms with Gasteiger partial charge < -0.3 is 14.9 Å². The average molecular weight is 607 g/mol. The van der Waals surface area contributed by atoms with E-state index in [2.05, 4.69) is 26.9 Å². The van der Waals surface area contributed by atoms with Gasteiger partial charge in [0, 0.05) is 0 Å². The first-order valence-electron chi connectivity index (χ1n) is 14.4. The Hall–Kier alpha value is 1.68. The fourth-order valence-electron chi connectivity index (χ4n) is 10.5. The molecule has 0 aliphatic heterocycles. The zero-order valence-electron chi connectivity index (χ0n) is 23.4. The molecule has 5 aliphatic rings.